The number of halogens is 2. The largest absolute Gasteiger partial charge is 0.456 e. The minimum atomic E-state index is -0.722. The number of fused-ring (bicyclic) bond motifs is 2. The van der Waals surface area contributed by atoms with Crippen LogP contribution in [0.5, 0.6) is 0 Å². The van der Waals surface area contributed by atoms with Gasteiger partial charge in [-0.15, -0.1) is 11.8 Å². The Balaban J connectivity index is 1.44. The van der Waals surface area contributed by atoms with Crippen LogP contribution < -0.4 is 10.7 Å². The minimum Gasteiger partial charge on any atom is -0.456 e. The molecule has 11 heteroatoms. The molecule has 3 aliphatic heterocycles. The van der Waals surface area contributed by atoms with Gasteiger partial charge in [-0.1, -0.05) is 23.2 Å². The number of hydrogen-bond acceptors (Lipinski definition) is 6. The summed E-state index contributed by atoms with van der Waals surface area (Å²) in [5, 5.41) is 2.12. The molecule has 26 heavy (non-hydrogen) atoms. The highest BCUT2D eigenvalue weighted by molar-refractivity contribution is 8.00. The van der Waals surface area contributed by atoms with Gasteiger partial charge in [0.25, 0.3) is 5.91 Å². The van der Waals surface area contributed by atoms with Gasteiger partial charge in [-0.05, 0) is 0 Å². The molecule has 1 aromatic rings. The SMILES string of the molecule is O=C(Cn1cc(Cl)c(=O)c(Cl)c1)N[C@@H]1C(=O)N2C3=C(COC3=O)CS[C@H]12. The fraction of sp³-hybridized carbons (Fsp3) is 0.333. The number of cyclic esters (lactones) is 1. The Morgan fingerprint density at radius 1 is 1.27 bits per heavy atom. The van der Waals surface area contributed by atoms with E-state index in [2.05, 4.69) is 5.32 Å². The maximum Gasteiger partial charge on any atom is 0.355 e. The molecule has 1 aromatic heterocycles. The lowest BCUT2D eigenvalue weighted by atomic mass is 10.0. The Hall–Kier alpha value is -1.97. The van der Waals surface area contributed by atoms with Crippen molar-refractivity contribution >= 4 is 52.7 Å². The normalized spacial score (nSPS) is 24.0. The van der Waals surface area contributed by atoms with Crippen LogP contribution in [0.15, 0.2) is 28.5 Å². The fourth-order valence-corrected chi connectivity index (χ4v) is 4.87. The van der Waals surface area contributed by atoms with Gasteiger partial charge in [-0.25, -0.2) is 4.79 Å². The zero-order valence-corrected chi connectivity index (χ0v) is 15.4. The molecular formula is C15H11Cl2N3O5S. The molecule has 0 spiro atoms. The van der Waals surface area contributed by atoms with E-state index in [0.29, 0.717) is 11.4 Å². The first kappa shape index (κ1) is 17.4. The van der Waals surface area contributed by atoms with Gasteiger partial charge in [0.05, 0.1) is 0 Å². The number of β-lactam (4-membered cyclic amide) rings is 1. The lowest BCUT2D eigenvalue weighted by molar-refractivity contribution is -0.150. The molecule has 0 radical (unpaired) electrons. The summed E-state index contributed by atoms with van der Waals surface area (Å²) in [6.45, 7) is 0.0550. The number of nitrogens with zero attached hydrogens (tertiary/aromatic N) is 2. The predicted molar refractivity (Wildman–Crippen MR) is 93.7 cm³/mol. The number of rotatable bonds is 3. The minimum absolute atomic E-state index is 0.0988. The van der Waals surface area contributed by atoms with Gasteiger partial charge in [0.2, 0.25) is 11.3 Å². The van der Waals surface area contributed by atoms with Crippen molar-refractivity contribution in [3.05, 3.63) is 43.9 Å². The molecule has 2 amide bonds. The molecule has 0 aromatic carbocycles. The van der Waals surface area contributed by atoms with Crippen LogP contribution in [0.4, 0.5) is 0 Å². The van der Waals surface area contributed by atoms with E-state index in [0.717, 1.165) is 5.57 Å². The third kappa shape index (κ3) is 2.70. The van der Waals surface area contributed by atoms with Gasteiger partial charge in [0.15, 0.2) is 0 Å². The van der Waals surface area contributed by atoms with E-state index in [4.69, 9.17) is 27.9 Å². The number of esters is 1. The Labute approximate surface area is 161 Å². The van der Waals surface area contributed by atoms with E-state index in [9.17, 15) is 19.2 Å². The predicted octanol–water partition coefficient (Wildman–Crippen LogP) is 0.366. The van der Waals surface area contributed by atoms with Crippen molar-refractivity contribution in [1.29, 1.82) is 0 Å². The van der Waals surface area contributed by atoms with Crippen LogP contribution >= 0.6 is 35.0 Å². The Morgan fingerprint density at radius 2 is 1.96 bits per heavy atom. The van der Waals surface area contributed by atoms with Gasteiger partial charge in [-0.2, -0.15) is 0 Å². The van der Waals surface area contributed by atoms with Crippen molar-refractivity contribution in [2.75, 3.05) is 12.4 Å². The summed E-state index contributed by atoms with van der Waals surface area (Å²) in [4.78, 5) is 49.3. The lowest BCUT2D eigenvalue weighted by Gasteiger charge is -2.48. The average Bonchev–Trinajstić information content (AvgIpc) is 2.97. The monoisotopic (exact) mass is 415 g/mol. The highest BCUT2D eigenvalue weighted by Gasteiger charge is 2.55. The molecule has 0 unspecified atom stereocenters. The Morgan fingerprint density at radius 3 is 2.65 bits per heavy atom. The number of nitrogens with one attached hydrogen (secondary N) is 1. The van der Waals surface area contributed by atoms with Gasteiger partial charge in [-0.3, -0.25) is 19.3 Å². The maximum atomic E-state index is 12.4. The molecule has 1 N–H and O–H groups in total. The molecule has 0 bridgehead atoms. The number of ether oxygens (including phenoxy) is 1. The Bertz CT molecular complexity index is 917. The van der Waals surface area contributed by atoms with E-state index in [-0.39, 0.29) is 34.5 Å². The Kier molecular flexibility index (Phi) is 4.25. The van der Waals surface area contributed by atoms with E-state index in [1.54, 1.807) is 0 Å². The number of carbonyl (C=O) groups is 3. The van der Waals surface area contributed by atoms with Crippen LogP contribution in [0.1, 0.15) is 0 Å². The van der Waals surface area contributed by atoms with Crippen molar-refractivity contribution in [3.63, 3.8) is 0 Å². The van der Waals surface area contributed by atoms with Gasteiger partial charge < -0.3 is 14.6 Å². The second-order valence-corrected chi connectivity index (χ2v) is 7.86. The molecule has 1 fully saturated rings. The highest BCUT2D eigenvalue weighted by atomic mass is 35.5. The molecule has 4 heterocycles. The van der Waals surface area contributed by atoms with Gasteiger partial charge in [0, 0.05) is 23.7 Å². The summed E-state index contributed by atoms with van der Waals surface area (Å²) in [7, 11) is 0. The lowest BCUT2D eigenvalue weighted by Crippen LogP contribution is -2.70. The van der Waals surface area contributed by atoms with Crippen LogP contribution in [0.25, 0.3) is 0 Å². The van der Waals surface area contributed by atoms with Crippen LogP contribution in [0.3, 0.4) is 0 Å². The van der Waals surface area contributed by atoms with Crippen molar-refractivity contribution in [2.24, 2.45) is 0 Å². The van der Waals surface area contributed by atoms with Crippen LogP contribution in [-0.4, -0.2) is 51.0 Å². The van der Waals surface area contributed by atoms with E-state index in [1.165, 1.54) is 33.6 Å². The summed E-state index contributed by atoms with van der Waals surface area (Å²) >= 11 is 13.0. The molecular weight excluding hydrogens is 405 g/mol. The van der Waals surface area contributed by atoms with Crippen molar-refractivity contribution in [3.8, 4) is 0 Å². The molecule has 2 atom stereocenters. The summed E-state index contributed by atoms with van der Waals surface area (Å²) in [6.07, 6.45) is 2.59. The first-order valence-corrected chi connectivity index (χ1v) is 9.35. The van der Waals surface area contributed by atoms with Crippen molar-refractivity contribution in [1.82, 2.24) is 14.8 Å². The maximum absolute atomic E-state index is 12.4. The number of carbonyl (C=O) groups excluding carboxylic acids is 3. The zero-order valence-electron chi connectivity index (χ0n) is 13.0. The molecule has 0 saturated carbocycles. The topological polar surface area (TPSA) is 97.7 Å². The molecule has 3 aliphatic rings. The first-order valence-electron chi connectivity index (χ1n) is 7.55. The molecule has 136 valence electrons. The second kappa shape index (κ2) is 6.33. The van der Waals surface area contributed by atoms with Crippen molar-refractivity contribution in [2.45, 2.75) is 18.0 Å². The smallest absolute Gasteiger partial charge is 0.355 e. The molecule has 4 rings (SSSR count). The number of aromatic nitrogens is 1. The summed E-state index contributed by atoms with van der Waals surface area (Å²) in [5.74, 6) is -0.709. The average molecular weight is 416 g/mol. The summed E-state index contributed by atoms with van der Waals surface area (Å²) in [5.41, 5.74) is 0.594. The molecule has 8 nitrogen and oxygen atoms in total. The third-order valence-corrected chi connectivity index (χ3v) is 6.13. The highest BCUT2D eigenvalue weighted by Crippen LogP contribution is 2.42. The first-order chi connectivity index (χ1) is 12.4. The van der Waals surface area contributed by atoms with E-state index < -0.39 is 23.3 Å². The standard InChI is InChI=1S/C15H11Cl2N3O5S/c16-7-1-19(2-8(17)12(7)22)3-9(21)18-10-13(23)20-11-6(4-25-15(11)24)5-26-14(10)20/h1-2,10,14H,3-5H2,(H,18,21)/t10-,14-/m1/s1. The van der Waals surface area contributed by atoms with E-state index >= 15 is 0 Å². The van der Waals surface area contributed by atoms with Gasteiger partial charge in [0.1, 0.15) is 40.3 Å². The van der Waals surface area contributed by atoms with Gasteiger partial charge >= 0.3 is 5.97 Å². The zero-order chi connectivity index (χ0) is 18.6. The summed E-state index contributed by atoms with van der Waals surface area (Å²) in [6, 6.07) is -0.722. The number of hydrogen-bond donors (Lipinski definition) is 1. The van der Waals surface area contributed by atoms with Crippen molar-refractivity contribution < 1.29 is 19.1 Å². The molecule has 0 aliphatic carbocycles. The van der Waals surface area contributed by atoms with Crippen LogP contribution in [0.2, 0.25) is 10.0 Å². The number of pyridine rings is 1. The second-order valence-electron chi connectivity index (χ2n) is 5.94. The molecule has 1 saturated heterocycles. The van der Waals surface area contributed by atoms with Crippen LogP contribution in [-0.2, 0) is 25.7 Å². The number of amides is 2. The van der Waals surface area contributed by atoms with E-state index in [1.807, 2.05) is 0 Å². The third-order valence-electron chi connectivity index (χ3n) is 4.25. The number of thioether (sulfide) groups is 1. The quantitative estimate of drug-likeness (QED) is 0.565. The fourth-order valence-electron chi connectivity index (χ4n) is 3.04. The summed E-state index contributed by atoms with van der Waals surface area (Å²) < 4.78 is 6.33. The van der Waals surface area contributed by atoms with Crippen LogP contribution in [0, 0.1) is 0 Å².